The highest BCUT2D eigenvalue weighted by molar-refractivity contribution is 5.88. The number of aryl methyl sites for hydroxylation is 1. The number of fused-ring (bicyclic) bond motifs is 1. The Balaban J connectivity index is 1.62. The molecule has 0 saturated heterocycles. The largest absolute Gasteiger partial charge is 0.491 e. The zero-order valence-corrected chi connectivity index (χ0v) is 14.9. The van der Waals surface area contributed by atoms with Crippen molar-refractivity contribution in [2.45, 2.75) is 13.3 Å². The molecule has 6 heteroatoms. The molecule has 3 aromatic rings. The number of para-hydroxylation sites is 1. The van der Waals surface area contributed by atoms with Crippen LogP contribution < -0.4 is 10.3 Å². The molecule has 3 rings (SSSR count). The number of nitrogens with zero attached hydrogens (tertiary/aromatic N) is 2. The number of hydrogen-bond donors (Lipinski definition) is 1. The molecule has 0 radical (unpaired) electrons. The Morgan fingerprint density at radius 3 is 2.58 bits per heavy atom. The first-order valence-corrected chi connectivity index (χ1v) is 8.45. The number of likely N-dealkylation sites (N-methyl/N-ethyl adjacent to an activating group) is 1. The summed E-state index contributed by atoms with van der Waals surface area (Å²) in [6, 6.07) is 14.9. The van der Waals surface area contributed by atoms with Crippen LogP contribution in [0.1, 0.15) is 11.3 Å². The van der Waals surface area contributed by atoms with Gasteiger partial charge in [-0.3, -0.25) is 9.59 Å². The molecule has 1 amide bonds. The topological polar surface area (TPSA) is 75.3 Å². The Morgan fingerprint density at radius 2 is 1.81 bits per heavy atom. The molecular weight excluding hydrogens is 330 g/mol. The van der Waals surface area contributed by atoms with E-state index in [0.717, 1.165) is 11.3 Å². The zero-order chi connectivity index (χ0) is 18.5. The number of nitrogens with one attached hydrogen (secondary N) is 1. The van der Waals surface area contributed by atoms with Crippen LogP contribution in [-0.4, -0.2) is 41.2 Å². The summed E-state index contributed by atoms with van der Waals surface area (Å²) in [5, 5.41) is 7.75. The third-order valence-corrected chi connectivity index (χ3v) is 4.30. The van der Waals surface area contributed by atoms with Crippen molar-refractivity contribution in [2.24, 2.45) is 0 Å². The van der Waals surface area contributed by atoms with E-state index in [2.05, 4.69) is 10.2 Å². The number of amides is 1. The number of carbonyl (C=O) groups is 1. The minimum atomic E-state index is -0.253. The van der Waals surface area contributed by atoms with Crippen LogP contribution in [0.25, 0.3) is 10.8 Å². The number of aromatic nitrogens is 2. The van der Waals surface area contributed by atoms with Gasteiger partial charge in [0.1, 0.15) is 12.4 Å². The van der Waals surface area contributed by atoms with E-state index in [1.54, 1.807) is 24.1 Å². The van der Waals surface area contributed by atoms with Crippen molar-refractivity contribution in [2.75, 3.05) is 20.2 Å². The van der Waals surface area contributed by atoms with Crippen LogP contribution in [0.5, 0.6) is 5.75 Å². The summed E-state index contributed by atoms with van der Waals surface area (Å²) in [5.41, 5.74) is 1.37. The molecule has 0 unspecified atom stereocenters. The quantitative estimate of drug-likeness (QED) is 0.739. The Labute approximate surface area is 151 Å². The summed E-state index contributed by atoms with van der Waals surface area (Å²) in [5.74, 6) is 0.740. The third-order valence-electron chi connectivity index (χ3n) is 4.30. The average molecular weight is 351 g/mol. The first-order valence-electron chi connectivity index (χ1n) is 8.45. The minimum absolute atomic E-state index is 0.0805. The lowest BCUT2D eigenvalue weighted by atomic mass is 10.1. The second-order valence-corrected chi connectivity index (χ2v) is 6.15. The van der Waals surface area contributed by atoms with Gasteiger partial charge in [0.15, 0.2) is 0 Å². The molecule has 0 aliphatic carbocycles. The molecule has 0 atom stereocenters. The van der Waals surface area contributed by atoms with Crippen LogP contribution in [0.3, 0.4) is 0 Å². The van der Waals surface area contributed by atoms with E-state index in [1.807, 2.05) is 43.3 Å². The van der Waals surface area contributed by atoms with Crippen LogP contribution in [0.4, 0.5) is 0 Å². The summed E-state index contributed by atoms with van der Waals surface area (Å²) in [4.78, 5) is 25.9. The lowest BCUT2D eigenvalue weighted by Crippen LogP contribution is -2.32. The highest BCUT2D eigenvalue weighted by atomic mass is 16.5. The molecular formula is C20H21N3O3. The summed E-state index contributed by atoms with van der Waals surface area (Å²) in [6.07, 6.45) is 0.123. The summed E-state index contributed by atoms with van der Waals surface area (Å²) in [6.45, 7) is 2.86. The van der Waals surface area contributed by atoms with Gasteiger partial charge < -0.3 is 9.64 Å². The predicted molar refractivity (Wildman–Crippen MR) is 100 cm³/mol. The first-order chi connectivity index (χ1) is 12.6. The van der Waals surface area contributed by atoms with E-state index in [-0.39, 0.29) is 17.9 Å². The molecule has 0 aliphatic heterocycles. The minimum Gasteiger partial charge on any atom is -0.491 e. The highest BCUT2D eigenvalue weighted by Crippen LogP contribution is 2.16. The molecule has 6 nitrogen and oxygen atoms in total. The first kappa shape index (κ1) is 17.7. The van der Waals surface area contributed by atoms with Crippen LogP contribution in [0.15, 0.2) is 53.3 Å². The van der Waals surface area contributed by atoms with Gasteiger partial charge >= 0.3 is 0 Å². The van der Waals surface area contributed by atoms with Crippen molar-refractivity contribution in [1.29, 1.82) is 0 Å². The van der Waals surface area contributed by atoms with Gasteiger partial charge in [-0.05, 0) is 24.6 Å². The number of carbonyl (C=O) groups excluding carboxylic acids is 1. The van der Waals surface area contributed by atoms with Gasteiger partial charge in [-0.2, -0.15) is 5.10 Å². The van der Waals surface area contributed by atoms with Crippen molar-refractivity contribution in [3.63, 3.8) is 0 Å². The fraction of sp³-hybridized carbons (Fsp3) is 0.250. The van der Waals surface area contributed by atoms with Crippen molar-refractivity contribution in [3.8, 4) is 5.75 Å². The molecule has 0 saturated carbocycles. The summed E-state index contributed by atoms with van der Waals surface area (Å²) < 4.78 is 5.74. The maximum Gasteiger partial charge on any atom is 0.272 e. The fourth-order valence-electron chi connectivity index (χ4n) is 2.72. The number of ether oxygens (including phenoxy) is 1. The van der Waals surface area contributed by atoms with Gasteiger partial charge in [0.05, 0.1) is 24.0 Å². The lowest BCUT2D eigenvalue weighted by molar-refractivity contribution is -0.129. The van der Waals surface area contributed by atoms with Crippen molar-refractivity contribution in [3.05, 3.63) is 70.1 Å². The van der Waals surface area contributed by atoms with E-state index >= 15 is 0 Å². The molecule has 0 spiro atoms. The normalized spacial score (nSPS) is 10.7. The van der Waals surface area contributed by atoms with Gasteiger partial charge in [-0.1, -0.05) is 36.4 Å². The molecule has 134 valence electrons. The predicted octanol–water partition coefficient (Wildman–Crippen LogP) is 2.31. The second-order valence-electron chi connectivity index (χ2n) is 6.15. The standard InChI is InChI=1S/C20H21N3O3/c1-14-7-3-6-10-18(14)26-12-11-23(2)19(24)13-17-15-8-4-5-9-16(15)20(25)22-21-17/h3-10H,11-13H2,1-2H3,(H,22,25). The molecule has 1 aromatic heterocycles. The Hall–Kier alpha value is -3.15. The fourth-order valence-corrected chi connectivity index (χ4v) is 2.72. The van der Waals surface area contributed by atoms with Crippen LogP contribution >= 0.6 is 0 Å². The number of rotatable bonds is 6. The molecule has 2 aromatic carbocycles. The lowest BCUT2D eigenvalue weighted by Gasteiger charge is -2.18. The van der Waals surface area contributed by atoms with Crippen LogP contribution in [0, 0.1) is 6.92 Å². The molecule has 0 bridgehead atoms. The van der Waals surface area contributed by atoms with Crippen molar-refractivity contribution in [1.82, 2.24) is 15.1 Å². The van der Waals surface area contributed by atoms with E-state index in [1.165, 1.54) is 0 Å². The van der Waals surface area contributed by atoms with Crippen molar-refractivity contribution >= 4 is 16.7 Å². The van der Waals surface area contributed by atoms with E-state index in [9.17, 15) is 9.59 Å². The van der Waals surface area contributed by atoms with Gasteiger partial charge in [0, 0.05) is 12.4 Å². The molecule has 1 N–H and O–H groups in total. The maximum absolute atomic E-state index is 12.5. The number of aromatic amines is 1. The zero-order valence-electron chi connectivity index (χ0n) is 14.9. The van der Waals surface area contributed by atoms with Gasteiger partial charge in [-0.25, -0.2) is 5.10 Å². The molecule has 1 heterocycles. The second kappa shape index (κ2) is 7.82. The number of benzene rings is 2. The number of hydrogen-bond acceptors (Lipinski definition) is 4. The molecule has 0 fully saturated rings. The van der Waals surface area contributed by atoms with E-state index in [4.69, 9.17) is 4.74 Å². The van der Waals surface area contributed by atoms with Gasteiger partial charge in [0.25, 0.3) is 5.56 Å². The SMILES string of the molecule is Cc1ccccc1OCCN(C)C(=O)Cc1n[nH]c(=O)c2ccccc12. The summed E-state index contributed by atoms with van der Waals surface area (Å²) in [7, 11) is 1.73. The maximum atomic E-state index is 12.5. The van der Waals surface area contributed by atoms with E-state index in [0.29, 0.717) is 29.6 Å². The smallest absolute Gasteiger partial charge is 0.272 e. The highest BCUT2D eigenvalue weighted by Gasteiger charge is 2.14. The monoisotopic (exact) mass is 351 g/mol. The number of H-pyrrole nitrogens is 1. The Kier molecular flexibility index (Phi) is 5.31. The van der Waals surface area contributed by atoms with Gasteiger partial charge in [0.2, 0.25) is 5.91 Å². The average Bonchev–Trinajstić information content (AvgIpc) is 2.65. The van der Waals surface area contributed by atoms with Crippen LogP contribution in [-0.2, 0) is 11.2 Å². The van der Waals surface area contributed by atoms with E-state index < -0.39 is 0 Å². The Morgan fingerprint density at radius 1 is 1.12 bits per heavy atom. The Bertz CT molecular complexity index is 981. The summed E-state index contributed by atoms with van der Waals surface area (Å²) >= 11 is 0. The van der Waals surface area contributed by atoms with Crippen molar-refractivity contribution < 1.29 is 9.53 Å². The van der Waals surface area contributed by atoms with Crippen LogP contribution in [0.2, 0.25) is 0 Å². The third kappa shape index (κ3) is 3.91. The molecule has 26 heavy (non-hydrogen) atoms. The van der Waals surface area contributed by atoms with Gasteiger partial charge in [-0.15, -0.1) is 0 Å². The molecule has 0 aliphatic rings.